The summed E-state index contributed by atoms with van der Waals surface area (Å²) in [5.41, 5.74) is -0.524. The molecule has 1 saturated heterocycles. The zero-order chi connectivity index (χ0) is 24.1. The van der Waals surface area contributed by atoms with E-state index in [1.54, 1.807) is 0 Å². The summed E-state index contributed by atoms with van der Waals surface area (Å²) in [6, 6.07) is 1.51. The van der Waals surface area contributed by atoms with Crippen LogP contribution in [0.15, 0.2) is 4.99 Å². The summed E-state index contributed by atoms with van der Waals surface area (Å²) >= 11 is 0. The zero-order valence-electron chi connectivity index (χ0n) is 22.1. The van der Waals surface area contributed by atoms with Gasteiger partial charge in [0, 0.05) is 25.3 Å². The van der Waals surface area contributed by atoms with Crippen LogP contribution in [0.2, 0.25) is 0 Å². The SMILES string of the molecule is CCC1(C)CC(OC(C)=O)C(C)C(C)(CC)N1O/C(=N\C1CCCCC1)NC1CCCCC1. The van der Waals surface area contributed by atoms with Crippen LogP contribution < -0.4 is 5.32 Å². The van der Waals surface area contributed by atoms with E-state index in [2.05, 4.69) is 45.0 Å². The first-order chi connectivity index (χ1) is 15.7. The average Bonchev–Trinajstić information content (AvgIpc) is 2.81. The van der Waals surface area contributed by atoms with Gasteiger partial charge in [0.15, 0.2) is 0 Å². The molecule has 0 amide bonds. The van der Waals surface area contributed by atoms with Gasteiger partial charge in [-0.1, -0.05) is 59.3 Å². The molecule has 0 spiro atoms. The highest BCUT2D eigenvalue weighted by molar-refractivity contribution is 5.74. The Morgan fingerprint density at radius 3 is 2.15 bits per heavy atom. The molecule has 0 aromatic heterocycles. The Bertz CT molecular complexity index is 672. The summed E-state index contributed by atoms with van der Waals surface area (Å²) in [6.07, 6.45) is 14.9. The molecule has 1 heterocycles. The number of amidine groups is 1. The normalized spacial score (nSPS) is 35.3. The van der Waals surface area contributed by atoms with Gasteiger partial charge >= 0.3 is 12.0 Å². The van der Waals surface area contributed by atoms with Crippen LogP contribution in [0.1, 0.15) is 125 Å². The van der Waals surface area contributed by atoms with Crippen molar-refractivity contribution in [1.29, 1.82) is 0 Å². The lowest BCUT2D eigenvalue weighted by atomic mass is 9.69. The largest absolute Gasteiger partial charge is 0.462 e. The van der Waals surface area contributed by atoms with E-state index in [1.807, 2.05) is 0 Å². The number of hydrogen-bond acceptors (Lipinski definition) is 5. The molecule has 0 aromatic carbocycles. The van der Waals surface area contributed by atoms with E-state index in [4.69, 9.17) is 14.6 Å². The number of nitrogens with zero attached hydrogens (tertiary/aromatic N) is 2. The number of esters is 1. The highest BCUT2D eigenvalue weighted by Gasteiger charge is 2.56. The molecule has 0 aromatic rings. The standard InChI is InChI=1S/C27H49N3O3/c1-7-26(5)19-24(32-21(4)31)20(3)27(6,8-2)30(26)33-25(28-22-15-11-9-12-16-22)29-23-17-13-10-14-18-23/h20,22-24H,7-19H2,1-6H3,(H,28,29). The van der Waals surface area contributed by atoms with Crippen LogP contribution in [0.4, 0.5) is 0 Å². The van der Waals surface area contributed by atoms with E-state index in [1.165, 1.54) is 58.3 Å². The maximum atomic E-state index is 11.9. The Balaban J connectivity index is 1.90. The second-order valence-corrected chi connectivity index (χ2v) is 11.3. The van der Waals surface area contributed by atoms with Crippen LogP contribution in [0.3, 0.4) is 0 Å². The van der Waals surface area contributed by atoms with Gasteiger partial charge in [0.1, 0.15) is 6.10 Å². The molecule has 4 unspecified atom stereocenters. The van der Waals surface area contributed by atoms with Crippen molar-refractivity contribution < 1.29 is 14.4 Å². The van der Waals surface area contributed by atoms with E-state index >= 15 is 0 Å². The van der Waals surface area contributed by atoms with Crippen LogP contribution in [0.5, 0.6) is 0 Å². The van der Waals surface area contributed by atoms with Crippen LogP contribution >= 0.6 is 0 Å². The Hall–Kier alpha value is -1.30. The summed E-state index contributed by atoms with van der Waals surface area (Å²) < 4.78 is 5.83. The number of ether oxygens (including phenoxy) is 1. The molecule has 2 saturated carbocycles. The first kappa shape index (κ1) is 26.3. The maximum Gasteiger partial charge on any atom is 0.305 e. The van der Waals surface area contributed by atoms with E-state index in [9.17, 15) is 4.79 Å². The van der Waals surface area contributed by atoms with Gasteiger partial charge in [-0.25, -0.2) is 4.99 Å². The van der Waals surface area contributed by atoms with Crippen molar-refractivity contribution in [3.05, 3.63) is 0 Å². The Kier molecular flexibility index (Phi) is 9.10. The zero-order valence-corrected chi connectivity index (χ0v) is 22.1. The van der Waals surface area contributed by atoms with E-state index in [0.29, 0.717) is 18.1 Å². The number of hydroxylamine groups is 2. The Morgan fingerprint density at radius 1 is 1.00 bits per heavy atom. The second kappa shape index (κ2) is 11.4. The number of hydrogen-bond donors (Lipinski definition) is 1. The predicted octanol–water partition coefficient (Wildman–Crippen LogP) is 6.14. The molecule has 190 valence electrons. The minimum Gasteiger partial charge on any atom is -0.462 e. The summed E-state index contributed by atoms with van der Waals surface area (Å²) in [4.78, 5) is 23.9. The van der Waals surface area contributed by atoms with Crippen LogP contribution in [0, 0.1) is 5.92 Å². The van der Waals surface area contributed by atoms with Gasteiger partial charge in [-0.3, -0.25) is 4.79 Å². The molecule has 3 fully saturated rings. The lowest BCUT2D eigenvalue weighted by molar-refractivity contribution is -0.279. The smallest absolute Gasteiger partial charge is 0.305 e. The summed E-state index contributed by atoms with van der Waals surface area (Å²) in [6.45, 7) is 12.7. The van der Waals surface area contributed by atoms with Gasteiger partial charge in [-0.2, -0.15) is 0 Å². The van der Waals surface area contributed by atoms with Crippen LogP contribution in [-0.2, 0) is 14.4 Å². The van der Waals surface area contributed by atoms with Crippen molar-refractivity contribution in [2.45, 2.75) is 154 Å². The number of carbonyl (C=O) groups excluding carboxylic acids is 1. The fourth-order valence-corrected chi connectivity index (χ4v) is 6.19. The first-order valence-corrected chi connectivity index (χ1v) is 13.7. The molecule has 6 nitrogen and oxygen atoms in total. The number of carbonyl (C=O) groups is 1. The van der Waals surface area contributed by atoms with Gasteiger partial charge in [-0.05, 0) is 52.4 Å². The third-order valence-corrected chi connectivity index (χ3v) is 8.91. The second-order valence-electron chi connectivity index (χ2n) is 11.3. The fourth-order valence-electron chi connectivity index (χ4n) is 6.19. The quantitative estimate of drug-likeness (QED) is 0.291. The minimum absolute atomic E-state index is 0.109. The number of aliphatic imine (C=N–C) groups is 1. The van der Waals surface area contributed by atoms with Crippen molar-refractivity contribution >= 4 is 12.0 Å². The molecule has 3 rings (SSSR count). The van der Waals surface area contributed by atoms with Crippen molar-refractivity contribution in [1.82, 2.24) is 10.4 Å². The summed E-state index contributed by atoms with van der Waals surface area (Å²) in [5.74, 6) is -0.0479. The van der Waals surface area contributed by atoms with Gasteiger partial charge < -0.3 is 14.9 Å². The highest BCUT2D eigenvalue weighted by Crippen LogP contribution is 2.47. The lowest BCUT2D eigenvalue weighted by Gasteiger charge is -2.58. The summed E-state index contributed by atoms with van der Waals surface area (Å²) in [5, 5.41) is 5.97. The number of piperidine rings is 1. The van der Waals surface area contributed by atoms with Crippen molar-refractivity contribution in [3.63, 3.8) is 0 Å². The van der Waals surface area contributed by atoms with E-state index in [-0.39, 0.29) is 29.1 Å². The van der Waals surface area contributed by atoms with Crippen LogP contribution in [0.25, 0.3) is 0 Å². The molecule has 6 heteroatoms. The van der Waals surface area contributed by atoms with E-state index < -0.39 is 0 Å². The van der Waals surface area contributed by atoms with Gasteiger partial charge in [0.05, 0.1) is 17.1 Å². The van der Waals surface area contributed by atoms with Crippen LogP contribution in [-0.4, -0.2) is 46.3 Å². The minimum atomic E-state index is -0.273. The third kappa shape index (κ3) is 6.23. The molecule has 1 aliphatic heterocycles. The van der Waals surface area contributed by atoms with Crippen molar-refractivity contribution in [2.75, 3.05) is 0 Å². The summed E-state index contributed by atoms with van der Waals surface area (Å²) in [7, 11) is 0. The van der Waals surface area contributed by atoms with Gasteiger partial charge in [0.2, 0.25) is 0 Å². The van der Waals surface area contributed by atoms with Gasteiger partial charge in [-0.15, -0.1) is 5.06 Å². The first-order valence-electron chi connectivity index (χ1n) is 13.7. The molecule has 1 N–H and O–H groups in total. The number of nitrogens with one attached hydrogen (secondary N) is 1. The maximum absolute atomic E-state index is 11.9. The monoisotopic (exact) mass is 463 g/mol. The molecular weight excluding hydrogens is 414 g/mol. The molecule has 0 radical (unpaired) electrons. The number of rotatable bonds is 6. The van der Waals surface area contributed by atoms with Gasteiger partial charge in [0.25, 0.3) is 0 Å². The fraction of sp³-hybridized carbons (Fsp3) is 0.926. The third-order valence-electron chi connectivity index (χ3n) is 8.91. The molecule has 0 bridgehead atoms. The van der Waals surface area contributed by atoms with Crippen molar-refractivity contribution in [3.8, 4) is 0 Å². The Morgan fingerprint density at radius 2 is 1.61 bits per heavy atom. The molecule has 33 heavy (non-hydrogen) atoms. The van der Waals surface area contributed by atoms with Crippen molar-refractivity contribution in [2.24, 2.45) is 10.9 Å². The molecular formula is C27H49N3O3. The average molecular weight is 464 g/mol. The topological polar surface area (TPSA) is 63.2 Å². The molecule has 2 aliphatic carbocycles. The predicted molar refractivity (Wildman–Crippen MR) is 134 cm³/mol. The molecule has 4 atom stereocenters. The molecule has 3 aliphatic rings. The lowest BCUT2D eigenvalue weighted by Crippen LogP contribution is -2.69. The highest BCUT2D eigenvalue weighted by atomic mass is 16.7. The van der Waals surface area contributed by atoms with E-state index in [0.717, 1.165) is 32.1 Å². The Labute approximate surface area is 202 Å².